The third-order valence-corrected chi connectivity index (χ3v) is 0.957. The van der Waals surface area contributed by atoms with Gasteiger partial charge in [-0.25, -0.2) is 0 Å². The lowest BCUT2D eigenvalue weighted by atomic mass is 10.2. The third kappa shape index (κ3) is 38.7. The van der Waals surface area contributed by atoms with E-state index < -0.39 is 0 Å². The Bertz CT molecular complexity index is 30.8. The van der Waals surface area contributed by atoms with E-state index in [2.05, 4.69) is 13.8 Å². The molecule has 1 nitrogen and oxygen atoms in total. The van der Waals surface area contributed by atoms with Gasteiger partial charge in [-0.2, -0.15) is 0 Å². The zero-order valence-electron chi connectivity index (χ0n) is 6.79. The van der Waals surface area contributed by atoms with Crippen LogP contribution in [0.1, 0.15) is 39.5 Å². The van der Waals surface area contributed by atoms with Crippen molar-refractivity contribution < 1.29 is 5.48 Å². The summed E-state index contributed by atoms with van der Waals surface area (Å²) in [5, 5.41) is 0.194. The first-order chi connectivity index (χ1) is 4.33. The fourth-order valence-corrected chi connectivity index (χ4v) is 0.500. The Morgan fingerprint density at radius 1 is 0.900 bits per heavy atom. The van der Waals surface area contributed by atoms with Crippen molar-refractivity contribution >= 4 is 23.2 Å². The largest absolute Gasteiger partial charge is 0.412 e. The van der Waals surface area contributed by atoms with Crippen LogP contribution < -0.4 is 0 Å². The fraction of sp³-hybridized carbons (Fsp3) is 1.00. The first-order valence-electron chi connectivity index (χ1n) is 3.45. The van der Waals surface area contributed by atoms with Crippen molar-refractivity contribution in [2.24, 2.45) is 0 Å². The van der Waals surface area contributed by atoms with E-state index in [-0.39, 0.29) is 10.8 Å². The van der Waals surface area contributed by atoms with Gasteiger partial charge >= 0.3 is 0 Å². The Balaban J connectivity index is -0.000000107. The summed E-state index contributed by atoms with van der Waals surface area (Å²) in [5.41, 5.74) is 0. The molecular formula is C7H18Cl2O. The Morgan fingerprint density at radius 2 is 1.10 bits per heavy atom. The number of rotatable bonds is 3. The summed E-state index contributed by atoms with van der Waals surface area (Å²) in [4.78, 5) is 0. The molecule has 0 radical (unpaired) electrons. The second kappa shape index (κ2) is 22.7. The molecule has 0 aromatic rings. The molecule has 0 spiro atoms. The summed E-state index contributed by atoms with van der Waals surface area (Å²) in [6.45, 7) is 4.46. The van der Waals surface area contributed by atoms with Crippen LogP contribution in [-0.4, -0.2) is 10.8 Å². The van der Waals surface area contributed by atoms with Crippen molar-refractivity contribution in [3.05, 3.63) is 0 Å². The standard InChI is InChI=1S/C6H14.CH2Cl2.H2O/c1-3-5-6-4-2;2-1-3;/h3-6H2,1-2H3;1H2;1H2. The van der Waals surface area contributed by atoms with Gasteiger partial charge in [0.2, 0.25) is 0 Å². The van der Waals surface area contributed by atoms with E-state index in [0.29, 0.717) is 0 Å². The Hall–Kier alpha value is 0.540. The third-order valence-electron chi connectivity index (χ3n) is 0.957. The maximum atomic E-state index is 4.76. The van der Waals surface area contributed by atoms with Crippen LogP contribution in [0.4, 0.5) is 0 Å². The molecule has 0 aliphatic carbocycles. The van der Waals surface area contributed by atoms with E-state index in [1.807, 2.05) is 0 Å². The van der Waals surface area contributed by atoms with Gasteiger partial charge in [0.1, 0.15) is 0 Å². The summed E-state index contributed by atoms with van der Waals surface area (Å²) in [7, 11) is 0. The van der Waals surface area contributed by atoms with Crippen molar-refractivity contribution in [1.82, 2.24) is 0 Å². The highest BCUT2D eigenvalue weighted by atomic mass is 35.5. The first-order valence-corrected chi connectivity index (χ1v) is 4.52. The van der Waals surface area contributed by atoms with Gasteiger partial charge in [-0.15, -0.1) is 23.2 Å². The summed E-state index contributed by atoms with van der Waals surface area (Å²) >= 11 is 9.53. The Labute approximate surface area is 74.0 Å². The van der Waals surface area contributed by atoms with Crippen LogP contribution >= 0.6 is 23.2 Å². The van der Waals surface area contributed by atoms with Crippen LogP contribution in [0.2, 0.25) is 0 Å². The van der Waals surface area contributed by atoms with Crippen molar-refractivity contribution in [2.75, 3.05) is 5.34 Å². The SMILES string of the molecule is CCCCCC.ClCCl.O. The molecule has 0 aromatic heterocycles. The summed E-state index contributed by atoms with van der Waals surface area (Å²) < 4.78 is 0. The van der Waals surface area contributed by atoms with Gasteiger partial charge in [0.05, 0.1) is 5.34 Å². The molecule has 3 heteroatoms. The fourth-order valence-electron chi connectivity index (χ4n) is 0.500. The number of alkyl halides is 2. The van der Waals surface area contributed by atoms with Gasteiger partial charge in [-0.1, -0.05) is 39.5 Å². The Morgan fingerprint density at radius 3 is 1.20 bits per heavy atom. The molecule has 0 atom stereocenters. The zero-order chi connectivity index (χ0) is 7.54. The van der Waals surface area contributed by atoms with E-state index in [1.165, 1.54) is 25.7 Å². The molecule has 0 saturated heterocycles. The highest BCUT2D eigenvalue weighted by Crippen LogP contribution is 1.95. The smallest absolute Gasteiger partial charge is 0.0967 e. The predicted octanol–water partition coefficient (Wildman–Crippen LogP) is 3.18. The molecule has 0 aromatic carbocycles. The normalized spacial score (nSPS) is 7.20. The molecule has 0 fully saturated rings. The number of unbranched alkanes of at least 4 members (excludes halogenated alkanes) is 3. The molecule has 0 aliphatic heterocycles. The molecule has 0 unspecified atom stereocenters. The molecule has 0 bridgehead atoms. The summed E-state index contributed by atoms with van der Waals surface area (Å²) in [6.07, 6.45) is 5.54. The minimum absolute atomic E-state index is 0. The second-order valence-corrected chi connectivity index (χ2v) is 2.62. The van der Waals surface area contributed by atoms with E-state index >= 15 is 0 Å². The van der Waals surface area contributed by atoms with E-state index in [9.17, 15) is 0 Å². The van der Waals surface area contributed by atoms with Crippen molar-refractivity contribution in [3.63, 3.8) is 0 Å². The zero-order valence-corrected chi connectivity index (χ0v) is 8.30. The average molecular weight is 189 g/mol. The maximum absolute atomic E-state index is 4.76. The van der Waals surface area contributed by atoms with E-state index in [4.69, 9.17) is 23.2 Å². The van der Waals surface area contributed by atoms with Crippen LogP contribution in [0.5, 0.6) is 0 Å². The number of hydrogen-bond acceptors (Lipinski definition) is 0. The summed E-state index contributed by atoms with van der Waals surface area (Å²) in [5.74, 6) is 0. The monoisotopic (exact) mass is 188 g/mol. The lowest BCUT2D eigenvalue weighted by Gasteiger charge is -1.86. The second-order valence-electron chi connectivity index (χ2n) is 1.81. The van der Waals surface area contributed by atoms with Gasteiger partial charge in [-0.3, -0.25) is 0 Å². The molecule has 0 rings (SSSR count). The van der Waals surface area contributed by atoms with Crippen molar-refractivity contribution in [3.8, 4) is 0 Å². The highest BCUT2D eigenvalue weighted by Gasteiger charge is 1.75. The van der Waals surface area contributed by atoms with Gasteiger partial charge < -0.3 is 5.48 Å². The molecular weight excluding hydrogens is 171 g/mol. The lowest BCUT2D eigenvalue weighted by molar-refractivity contribution is 0.702. The van der Waals surface area contributed by atoms with Crippen LogP contribution in [0, 0.1) is 0 Å². The quantitative estimate of drug-likeness (QED) is 0.482. The van der Waals surface area contributed by atoms with Crippen molar-refractivity contribution in [1.29, 1.82) is 0 Å². The van der Waals surface area contributed by atoms with E-state index in [0.717, 1.165) is 0 Å². The summed E-state index contributed by atoms with van der Waals surface area (Å²) in [6, 6.07) is 0. The number of halogens is 2. The predicted molar refractivity (Wildman–Crippen MR) is 50.0 cm³/mol. The molecule has 0 saturated carbocycles. The van der Waals surface area contributed by atoms with Crippen LogP contribution in [0.15, 0.2) is 0 Å². The minimum atomic E-state index is 0. The van der Waals surface area contributed by atoms with Crippen LogP contribution in [0.25, 0.3) is 0 Å². The van der Waals surface area contributed by atoms with Crippen LogP contribution in [0.3, 0.4) is 0 Å². The minimum Gasteiger partial charge on any atom is -0.412 e. The molecule has 0 amide bonds. The van der Waals surface area contributed by atoms with Gasteiger partial charge in [0.15, 0.2) is 0 Å². The van der Waals surface area contributed by atoms with Crippen LogP contribution in [-0.2, 0) is 0 Å². The first kappa shape index (κ1) is 16.9. The van der Waals surface area contributed by atoms with E-state index in [1.54, 1.807) is 0 Å². The Kier molecular flexibility index (Phi) is 38.3. The topological polar surface area (TPSA) is 31.5 Å². The van der Waals surface area contributed by atoms with Gasteiger partial charge in [-0.05, 0) is 0 Å². The molecule has 10 heavy (non-hydrogen) atoms. The van der Waals surface area contributed by atoms with Gasteiger partial charge in [0, 0.05) is 0 Å². The van der Waals surface area contributed by atoms with Crippen molar-refractivity contribution in [2.45, 2.75) is 39.5 Å². The lowest BCUT2D eigenvalue weighted by Crippen LogP contribution is -1.66. The maximum Gasteiger partial charge on any atom is 0.0967 e. The molecule has 66 valence electrons. The average Bonchev–Trinajstić information content (AvgIpc) is 1.86. The highest BCUT2D eigenvalue weighted by molar-refractivity contribution is 6.40. The number of hydrogen-bond donors (Lipinski definition) is 0. The molecule has 0 aliphatic rings. The molecule has 2 N–H and O–H groups in total. The van der Waals surface area contributed by atoms with Gasteiger partial charge in [0.25, 0.3) is 0 Å². The molecule has 0 heterocycles.